The summed E-state index contributed by atoms with van der Waals surface area (Å²) >= 11 is 0. The molecule has 0 heterocycles. The second kappa shape index (κ2) is 9.82. The molecule has 0 saturated heterocycles. The van der Waals surface area contributed by atoms with Gasteiger partial charge in [0.1, 0.15) is 5.54 Å². The summed E-state index contributed by atoms with van der Waals surface area (Å²) in [5.41, 5.74) is -0.833. The van der Waals surface area contributed by atoms with Gasteiger partial charge in [-0.3, -0.25) is 9.59 Å². The molecule has 1 saturated carbocycles. The fourth-order valence-electron chi connectivity index (χ4n) is 3.64. The highest BCUT2D eigenvalue weighted by atomic mass is 16.2. The molecule has 0 aromatic heterocycles. The van der Waals surface area contributed by atoms with Crippen molar-refractivity contribution < 1.29 is 9.59 Å². The third-order valence-corrected chi connectivity index (χ3v) is 5.19. The topological polar surface area (TPSA) is 61.4 Å². The highest BCUT2D eigenvalue weighted by Gasteiger charge is 2.49. The summed E-state index contributed by atoms with van der Waals surface area (Å²) in [5, 5.41) is 6.10. The highest BCUT2D eigenvalue weighted by molar-refractivity contribution is 5.91. The first-order valence-corrected chi connectivity index (χ1v) is 9.27. The number of allylic oxidation sites excluding steroid dienone is 1. The number of hydrogen-bond donors (Lipinski definition) is 2. The zero-order valence-electron chi connectivity index (χ0n) is 15.9. The molecular weight excluding hydrogens is 302 g/mol. The Labute approximate surface area is 147 Å². The summed E-state index contributed by atoms with van der Waals surface area (Å²) in [4.78, 5) is 27.2. The van der Waals surface area contributed by atoms with Crippen molar-refractivity contribution in [3.05, 3.63) is 12.7 Å². The second-order valence-electron chi connectivity index (χ2n) is 7.09. The number of carbonyl (C=O) groups excluding carboxylic acids is 2. The summed E-state index contributed by atoms with van der Waals surface area (Å²) in [5.74, 6) is 0.197. The Bertz CT molecular complexity index is 438. The van der Waals surface area contributed by atoms with E-state index in [1.165, 1.54) is 6.92 Å². The van der Waals surface area contributed by atoms with Crippen molar-refractivity contribution in [1.29, 1.82) is 0 Å². The van der Waals surface area contributed by atoms with E-state index in [9.17, 15) is 9.59 Å². The first-order valence-electron chi connectivity index (χ1n) is 9.27. The Morgan fingerprint density at radius 2 is 2.04 bits per heavy atom. The van der Waals surface area contributed by atoms with Gasteiger partial charge in [-0.2, -0.15) is 0 Å². The van der Waals surface area contributed by atoms with Crippen LogP contribution in [0.15, 0.2) is 12.7 Å². The largest absolute Gasteiger partial charge is 0.354 e. The predicted octanol–water partition coefficient (Wildman–Crippen LogP) is 2.33. The van der Waals surface area contributed by atoms with Crippen LogP contribution in [0.1, 0.15) is 52.9 Å². The molecule has 0 aromatic rings. The Morgan fingerprint density at radius 3 is 2.58 bits per heavy atom. The van der Waals surface area contributed by atoms with E-state index in [0.29, 0.717) is 13.0 Å². The Balaban J connectivity index is 3.09. The lowest BCUT2D eigenvalue weighted by atomic mass is 9.67. The maximum atomic E-state index is 13.1. The molecule has 5 nitrogen and oxygen atoms in total. The third-order valence-electron chi connectivity index (χ3n) is 5.19. The first kappa shape index (κ1) is 20.7. The molecule has 0 bridgehead atoms. The molecule has 2 amide bonds. The van der Waals surface area contributed by atoms with E-state index < -0.39 is 5.54 Å². The van der Waals surface area contributed by atoms with Crippen LogP contribution in [0.25, 0.3) is 0 Å². The first-order chi connectivity index (χ1) is 11.4. The minimum Gasteiger partial charge on any atom is -0.354 e. The monoisotopic (exact) mass is 337 g/mol. The van der Waals surface area contributed by atoms with Gasteiger partial charge in [-0.1, -0.05) is 26.3 Å². The molecule has 1 aliphatic carbocycles. The van der Waals surface area contributed by atoms with E-state index in [4.69, 9.17) is 0 Å². The maximum absolute atomic E-state index is 13.1. The van der Waals surface area contributed by atoms with Gasteiger partial charge in [0.2, 0.25) is 11.8 Å². The molecule has 0 aliphatic heterocycles. The predicted molar refractivity (Wildman–Crippen MR) is 98.7 cm³/mol. The summed E-state index contributed by atoms with van der Waals surface area (Å²) < 4.78 is 0. The number of nitrogens with one attached hydrogen (secondary N) is 2. The quantitative estimate of drug-likeness (QED) is 0.501. The maximum Gasteiger partial charge on any atom is 0.246 e. The van der Waals surface area contributed by atoms with Gasteiger partial charge in [0.05, 0.1) is 0 Å². The van der Waals surface area contributed by atoms with Crippen LogP contribution in [-0.2, 0) is 9.59 Å². The van der Waals surface area contributed by atoms with Crippen molar-refractivity contribution in [2.75, 3.05) is 26.7 Å². The van der Waals surface area contributed by atoms with Crippen LogP contribution >= 0.6 is 0 Å². The van der Waals surface area contributed by atoms with E-state index >= 15 is 0 Å². The number of nitrogens with zero attached hydrogens (tertiary/aromatic N) is 1. The van der Waals surface area contributed by atoms with Gasteiger partial charge >= 0.3 is 0 Å². The Hall–Kier alpha value is -1.36. The van der Waals surface area contributed by atoms with Crippen LogP contribution in [0.4, 0.5) is 0 Å². The molecule has 1 aliphatic rings. The molecule has 1 fully saturated rings. The second-order valence-corrected chi connectivity index (χ2v) is 7.09. The van der Waals surface area contributed by atoms with Crippen LogP contribution in [0, 0.1) is 11.8 Å². The van der Waals surface area contributed by atoms with Gasteiger partial charge in [-0.25, -0.2) is 0 Å². The molecule has 3 atom stereocenters. The summed E-state index contributed by atoms with van der Waals surface area (Å²) in [6.45, 7) is 12.0. The van der Waals surface area contributed by atoms with E-state index in [0.717, 1.165) is 38.8 Å². The molecule has 0 spiro atoms. The number of hydrogen-bond acceptors (Lipinski definition) is 3. The molecule has 1 rings (SSSR count). The van der Waals surface area contributed by atoms with Gasteiger partial charge in [-0.15, -0.1) is 6.58 Å². The van der Waals surface area contributed by atoms with Crippen molar-refractivity contribution in [3.8, 4) is 0 Å². The van der Waals surface area contributed by atoms with Crippen LogP contribution in [0.2, 0.25) is 0 Å². The molecule has 138 valence electrons. The lowest BCUT2D eigenvalue weighted by Crippen LogP contribution is -2.66. The van der Waals surface area contributed by atoms with Crippen LogP contribution in [0.5, 0.6) is 0 Å². The molecule has 0 radical (unpaired) electrons. The minimum absolute atomic E-state index is 0.0350. The van der Waals surface area contributed by atoms with Crippen molar-refractivity contribution in [2.24, 2.45) is 11.8 Å². The zero-order chi connectivity index (χ0) is 18.2. The smallest absolute Gasteiger partial charge is 0.246 e. The molecule has 2 N–H and O–H groups in total. The average molecular weight is 338 g/mol. The van der Waals surface area contributed by atoms with Gasteiger partial charge in [0, 0.05) is 25.9 Å². The van der Waals surface area contributed by atoms with Gasteiger partial charge in [-0.05, 0) is 45.2 Å². The molecule has 0 aromatic carbocycles. The third kappa shape index (κ3) is 5.33. The summed E-state index contributed by atoms with van der Waals surface area (Å²) in [7, 11) is 2.06. The van der Waals surface area contributed by atoms with Gasteiger partial charge in [0.25, 0.3) is 0 Å². The van der Waals surface area contributed by atoms with Crippen molar-refractivity contribution in [2.45, 2.75) is 58.4 Å². The van der Waals surface area contributed by atoms with Crippen molar-refractivity contribution in [3.63, 3.8) is 0 Å². The number of unbranched alkanes of at least 4 members (excludes halogenated alkanes) is 1. The van der Waals surface area contributed by atoms with Gasteiger partial charge < -0.3 is 15.5 Å². The molecule has 5 heteroatoms. The number of rotatable bonds is 9. The Kier molecular flexibility index (Phi) is 8.46. The van der Waals surface area contributed by atoms with E-state index in [1.54, 1.807) is 0 Å². The summed E-state index contributed by atoms with van der Waals surface area (Å²) in [6, 6.07) is 0. The lowest BCUT2D eigenvalue weighted by molar-refractivity contribution is -0.138. The van der Waals surface area contributed by atoms with Gasteiger partial charge in [0.15, 0.2) is 0 Å². The van der Waals surface area contributed by atoms with Crippen molar-refractivity contribution >= 4 is 11.8 Å². The van der Waals surface area contributed by atoms with Crippen LogP contribution < -0.4 is 10.6 Å². The SMILES string of the molecule is C=C[C@@H]1CC[C@@H](CN(C)CC)[C@@](NC(C)=O)(C(=O)NCCCC)C1. The lowest BCUT2D eigenvalue weighted by Gasteiger charge is -2.46. The Morgan fingerprint density at radius 1 is 1.33 bits per heavy atom. The fourth-order valence-corrected chi connectivity index (χ4v) is 3.64. The van der Waals surface area contributed by atoms with Crippen molar-refractivity contribution in [1.82, 2.24) is 15.5 Å². The van der Waals surface area contributed by atoms with E-state index in [1.807, 2.05) is 6.08 Å². The molecule has 0 unspecified atom stereocenters. The molecular formula is C19H35N3O2. The fraction of sp³-hybridized carbons (Fsp3) is 0.789. The average Bonchev–Trinajstić information content (AvgIpc) is 2.55. The number of amides is 2. The van der Waals surface area contributed by atoms with Crippen LogP contribution in [0.3, 0.4) is 0 Å². The normalized spacial score (nSPS) is 26.9. The number of carbonyl (C=O) groups is 2. The minimum atomic E-state index is -0.833. The standard InChI is InChI=1S/C19H35N3O2/c1-6-9-12-20-18(24)19(21-15(4)23)13-16(7-2)10-11-17(19)14-22(5)8-3/h7,16-17H,2,6,8-14H2,1,3-5H3,(H,20,24)(H,21,23)/t16-,17+,19-/m1/s1. The van der Waals surface area contributed by atoms with Crippen LogP contribution in [-0.4, -0.2) is 48.9 Å². The molecule has 24 heavy (non-hydrogen) atoms. The zero-order valence-corrected chi connectivity index (χ0v) is 15.9. The van der Waals surface area contributed by atoms with E-state index in [-0.39, 0.29) is 23.7 Å². The summed E-state index contributed by atoms with van der Waals surface area (Å²) in [6.07, 6.45) is 6.49. The highest BCUT2D eigenvalue weighted by Crippen LogP contribution is 2.38. The van der Waals surface area contributed by atoms with E-state index in [2.05, 4.69) is 43.0 Å².